The third-order valence-electron chi connectivity index (χ3n) is 5.09. The second-order valence-electron chi connectivity index (χ2n) is 7.14. The number of hydrogen-bond acceptors (Lipinski definition) is 5. The molecule has 3 aromatic rings. The zero-order valence-corrected chi connectivity index (χ0v) is 17.2. The van der Waals surface area contributed by atoms with Gasteiger partial charge in [-0.05, 0) is 42.5 Å². The lowest BCUT2D eigenvalue weighted by Crippen LogP contribution is -3.11. The summed E-state index contributed by atoms with van der Waals surface area (Å²) in [7, 11) is 3.18. The van der Waals surface area contributed by atoms with E-state index in [1.54, 1.807) is 18.9 Å². The monoisotopic (exact) mass is 416 g/mol. The van der Waals surface area contributed by atoms with Crippen molar-refractivity contribution in [1.82, 2.24) is 9.78 Å². The lowest BCUT2D eigenvalue weighted by molar-refractivity contribution is -0.947. The van der Waals surface area contributed by atoms with E-state index in [9.17, 15) is 4.39 Å². The molecular weight excluding hydrogens is 393 g/mol. The molecule has 0 bridgehead atoms. The van der Waals surface area contributed by atoms with Gasteiger partial charge in [0.25, 0.3) is 4.84 Å². The van der Waals surface area contributed by atoms with Crippen molar-refractivity contribution in [2.75, 3.05) is 14.2 Å². The fraction of sp³-hybridized carbons (Fsp3) is 0.333. The molecule has 1 saturated carbocycles. The first-order valence-electron chi connectivity index (χ1n) is 9.46. The maximum atomic E-state index is 13.2. The number of quaternary nitrogens is 1. The van der Waals surface area contributed by atoms with Crippen LogP contribution in [-0.2, 0) is 13.2 Å². The van der Waals surface area contributed by atoms with E-state index in [-0.39, 0.29) is 5.82 Å². The van der Waals surface area contributed by atoms with Gasteiger partial charge in [0.05, 0.1) is 20.3 Å². The molecule has 1 aliphatic carbocycles. The zero-order valence-electron chi connectivity index (χ0n) is 16.4. The molecule has 1 atom stereocenters. The topological polar surface area (TPSA) is 53.9 Å². The number of nitrogens with zero attached hydrogens (tertiary/aromatic N) is 2. The van der Waals surface area contributed by atoms with Crippen LogP contribution >= 0.6 is 12.2 Å². The van der Waals surface area contributed by atoms with E-state index in [0.717, 1.165) is 17.7 Å². The molecular formula is C21H23FN3O3S+. The molecule has 6 nitrogen and oxygen atoms in total. The molecule has 1 aromatic heterocycles. The van der Waals surface area contributed by atoms with Gasteiger partial charge in [0, 0.05) is 24.0 Å². The van der Waals surface area contributed by atoms with Crippen LogP contribution < -0.4 is 14.4 Å². The largest absolute Gasteiger partial charge is 0.493 e. The van der Waals surface area contributed by atoms with Gasteiger partial charge in [0.15, 0.2) is 18.2 Å². The average molecular weight is 416 g/mol. The molecule has 1 unspecified atom stereocenters. The summed E-state index contributed by atoms with van der Waals surface area (Å²) in [5, 5.41) is 4.59. The van der Waals surface area contributed by atoms with Crippen molar-refractivity contribution < 1.29 is 23.2 Å². The van der Waals surface area contributed by atoms with Gasteiger partial charge < -0.3 is 18.8 Å². The number of hydrogen-bond donors (Lipinski definition) is 1. The van der Waals surface area contributed by atoms with E-state index in [2.05, 4.69) is 5.10 Å². The molecule has 1 N–H and O–H groups in total. The van der Waals surface area contributed by atoms with E-state index in [1.165, 1.54) is 29.9 Å². The van der Waals surface area contributed by atoms with Gasteiger partial charge in [-0.25, -0.2) is 4.39 Å². The van der Waals surface area contributed by atoms with E-state index >= 15 is 0 Å². The van der Waals surface area contributed by atoms with Gasteiger partial charge >= 0.3 is 0 Å². The van der Waals surface area contributed by atoms with Crippen LogP contribution in [0.4, 0.5) is 4.39 Å². The molecule has 2 aromatic carbocycles. The number of ether oxygens (including phenoxy) is 2. The highest BCUT2D eigenvalue weighted by atomic mass is 32.1. The summed E-state index contributed by atoms with van der Waals surface area (Å²) >= 11 is 5.40. The molecule has 29 heavy (non-hydrogen) atoms. The highest BCUT2D eigenvalue weighted by Crippen LogP contribution is 2.31. The van der Waals surface area contributed by atoms with Crippen LogP contribution in [0, 0.1) is 10.7 Å². The Bertz CT molecular complexity index is 1040. The minimum absolute atomic E-state index is 0.222. The normalized spacial score (nSPS) is 14.6. The summed E-state index contributed by atoms with van der Waals surface area (Å²) in [5.74, 6) is 1.45. The Balaban J connectivity index is 1.55. The summed E-state index contributed by atoms with van der Waals surface area (Å²) < 4.78 is 31.3. The quantitative estimate of drug-likeness (QED) is 0.572. The first-order chi connectivity index (χ1) is 14.1. The van der Waals surface area contributed by atoms with Gasteiger partial charge in [0.1, 0.15) is 12.4 Å². The average Bonchev–Trinajstić information content (AvgIpc) is 3.52. The minimum Gasteiger partial charge on any atom is -0.493 e. The Hall–Kier alpha value is -2.71. The van der Waals surface area contributed by atoms with Crippen molar-refractivity contribution in [3.05, 3.63) is 58.7 Å². The predicted molar refractivity (Wildman–Crippen MR) is 108 cm³/mol. The lowest BCUT2D eigenvalue weighted by atomic mass is 10.2. The molecule has 0 saturated heterocycles. The SMILES string of the molecule is COc1ccc(-c2nn(C[NH+](Cc3ccc(F)cc3)C3CC3)c(=S)o2)cc1OC. The molecule has 8 heteroatoms. The fourth-order valence-corrected chi connectivity index (χ4v) is 3.55. The molecule has 0 radical (unpaired) electrons. The Morgan fingerprint density at radius 3 is 2.52 bits per heavy atom. The number of benzene rings is 2. The lowest BCUT2D eigenvalue weighted by Gasteiger charge is -2.18. The predicted octanol–water partition coefficient (Wildman–Crippen LogP) is 3.23. The second-order valence-corrected chi connectivity index (χ2v) is 7.49. The Morgan fingerprint density at radius 1 is 1.14 bits per heavy atom. The third kappa shape index (κ3) is 4.49. The van der Waals surface area contributed by atoms with Crippen LogP contribution in [0.5, 0.6) is 11.5 Å². The number of methoxy groups -OCH3 is 2. The van der Waals surface area contributed by atoms with Crippen molar-refractivity contribution in [3.63, 3.8) is 0 Å². The summed E-state index contributed by atoms with van der Waals surface area (Å²) in [6.07, 6.45) is 2.34. The Morgan fingerprint density at radius 2 is 1.86 bits per heavy atom. The summed E-state index contributed by atoms with van der Waals surface area (Å²) in [5.41, 5.74) is 1.85. The summed E-state index contributed by atoms with van der Waals surface area (Å²) in [6.45, 7) is 1.38. The van der Waals surface area contributed by atoms with Crippen molar-refractivity contribution in [1.29, 1.82) is 0 Å². The molecule has 152 valence electrons. The van der Waals surface area contributed by atoms with Crippen LogP contribution in [0.3, 0.4) is 0 Å². The van der Waals surface area contributed by atoms with Crippen LogP contribution in [-0.4, -0.2) is 30.0 Å². The van der Waals surface area contributed by atoms with Gasteiger partial charge in [0.2, 0.25) is 5.89 Å². The first kappa shape index (κ1) is 19.6. The Kier molecular flexibility index (Phi) is 5.64. The maximum absolute atomic E-state index is 13.2. The number of rotatable bonds is 8. The van der Waals surface area contributed by atoms with E-state index in [1.807, 2.05) is 30.3 Å². The van der Waals surface area contributed by atoms with Gasteiger partial charge in [-0.2, -0.15) is 4.68 Å². The van der Waals surface area contributed by atoms with Gasteiger partial charge in [-0.15, -0.1) is 5.10 Å². The van der Waals surface area contributed by atoms with Crippen LogP contribution in [0.1, 0.15) is 18.4 Å². The van der Waals surface area contributed by atoms with Crippen molar-refractivity contribution in [2.24, 2.45) is 0 Å². The Labute approximate surface area is 173 Å². The molecule has 1 aliphatic rings. The number of aromatic nitrogens is 2. The van der Waals surface area contributed by atoms with E-state index in [4.69, 9.17) is 26.1 Å². The molecule has 1 fully saturated rings. The number of nitrogens with one attached hydrogen (secondary N) is 1. The molecule has 0 aliphatic heterocycles. The molecule has 0 spiro atoms. The van der Waals surface area contributed by atoms with Gasteiger partial charge in [-0.3, -0.25) is 0 Å². The smallest absolute Gasteiger partial charge is 0.292 e. The highest BCUT2D eigenvalue weighted by Gasteiger charge is 2.34. The fourth-order valence-electron chi connectivity index (χ4n) is 3.37. The molecule has 4 rings (SSSR count). The van der Waals surface area contributed by atoms with Crippen molar-refractivity contribution in [3.8, 4) is 23.0 Å². The van der Waals surface area contributed by atoms with Crippen LogP contribution in [0.15, 0.2) is 46.9 Å². The van der Waals surface area contributed by atoms with E-state index in [0.29, 0.717) is 34.9 Å². The standard InChI is InChI=1S/C21H22FN3O3S/c1-26-18-10-5-15(11-19(18)27-2)20-23-25(21(29)28-20)13-24(17-8-9-17)12-14-3-6-16(22)7-4-14/h3-7,10-11,17H,8-9,12-13H2,1-2H3/p+1. The highest BCUT2D eigenvalue weighted by molar-refractivity contribution is 7.71. The number of halogens is 1. The molecule has 1 heterocycles. The maximum Gasteiger partial charge on any atom is 0.292 e. The van der Waals surface area contributed by atoms with Crippen LogP contribution in [0.2, 0.25) is 0 Å². The summed E-state index contributed by atoms with van der Waals surface area (Å²) in [4.78, 5) is 1.66. The van der Waals surface area contributed by atoms with Crippen molar-refractivity contribution >= 4 is 12.2 Å². The third-order valence-corrected chi connectivity index (χ3v) is 5.38. The van der Waals surface area contributed by atoms with Crippen LogP contribution in [0.25, 0.3) is 11.5 Å². The second kappa shape index (κ2) is 8.34. The molecule has 0 amide bonds. The van der Waals surface area contributed by atoms with Gasteiger partial charge in [-0.1, -0.05) is 12.1 Å². The summed E-state index contributed by atoms with van der Waals surface area (Å²) in [6, 6.07) is 12.7. The first-order valence-corrected chi connectivity index (χ1v) is 9.87. The van der Waals surface area contributed by atoms with E-state index < -0.39 is 0 Å². The van der Waals surface area contributed by atoms with Crippen molar-refractivity contribution in [2.45, 2.75) is 32.1 Å². The zero-order chi connectivity index (χ0) is 20.4. The minimum atomic E-state index is -0.222.